The highest BCUT2D eigenvalue weighted by molar-refractivity contribution is 5.93. The van der Waals surface area contributed by atoms with E-state index in [9.17, 15) is 4.79 Å². The number of carbonyl (C=O) groups excluding carboxylic acids is 1. The standard InChI is InChI=1S/C22H22N4O2/c1-15-23-20(22(27)26-18-7-8-18)13-21(24-15)25-17-9-11-19(12-10-17)28-14-16-5-3-2-4-6-16/h2-6,9-13,18H,7-8,14H2,1H3,(H,26,27)(H,23,24,25). The van der Waals surface area contributed by atoms with Crippen LogP contribution in [0.5, 0.6) is 5.75 Å². The molecule has 0 radical (unpaired) electrons. The number of nitrogens with one attached hydrogen (secondary N) is 2. The first kappa shape index (κ1) is 18.0. The molecule has 0 bridgehead atoms. The van der Waals surface area contributed by atoms with Crippen LogP contribution in [-0.4, -0.2) is 21.9 Å². The molecule has 0 unspecified atom stereocenters. The Hall–Kier alpha value is -3.41. The second-order valence-corrected chi connectivity index (χ2v) is 6.86. The minimum Gasteiger partial charge on any atom is -0.489 e. The highest BCUT2D eigenvalue weighted by atomic mass is 16.5. The summed E-state index contributed by atoms with van der Waals surface area (Å²) >= 11 is 0. The lowest BCUT2D eigenvalue weighted by Gasteiger charge is -2.10. The van der Waals surface area contributed by atoms with Crippen molar-refractivity contribution < 1.29 is 9.53 Å². The summed E-state index contributed by atoms with van der Waals surface area (Å²) in [6, 6.07) is 19.6. The summed E-state index contributed by atoms with van der Waals surface area (Å²) in [5, 5.41) is 6.17. The summed E-state index contributed by atoms with van der Waals surface area (Å²) in [5.74, 6) is 1.78. The third-order valence-electron chi connectivity index (χ3n) is 4.36. The highest BCUT2D eigenvalue weighted by Gasteiger charge is 2.24. The first-order valence-electron chi connectivity index (χ1n) is 9.36. The molecule has 1 amide bonds. The third kappa shape index (κ3) is 4.85. The molecule has 0 spiro atoms. The van der Waals surface area contributed by atoms with E-state index in [1.54, 1.807) is 13.0 Å². The Kier molecular flexibility index (Phi) is 5.19. The number of aromatic nitrogens is 2. The molecule has 1 aromatic heterocycles. The molecule has 0 saturated heterocycles. The van der Waals surface area contributed by atoms with Gasteiger partial charge in [-0.3, -0.25) is 4.79 Å². The van der Waals surface area contributed by atoms with E-state index < -0.39 is 0 Å². The van der Waals surface area contributed by atoms with E-state index in [0.717, 1.165) is 29.8 Å². The van der Waals surface area contributed by atoms with Gasteiger partial charge in [0.05, 0.1) is 0 Å². The SMILES string of the molecule is Cc1nc(Nc2ccc(OCc3ccccc3)cc2)cc(C(=O)NC2CC2)n1. The van der Waals surface area contributed by atoms with Gasteiger partial charge in [0.25, 0.3) is 5.91 Å². The van der Waals surface area contributed by atoms with Crippen LogP contribution in [0.25, 0.3) is 0 Å². The molecule has 3 aromatic rings. The van der Waals surface area contributed by atoms with Crippen molar-refractivity contribution in [2.45, 2.75) is 32.4 Å². The van der Waals surface area contributed by atoms with Gasteiger partial charge in [-0.05, 0) is 49.6 Å². The van der Waals surface area contributed by atoms with Crippen LogP contribution in [0.15, 0.2) is 60.7 Å². The van der Waals surface area contributed by atoms with Gasteiger partial charge in [-0.1, -0.05) is 30.3 Å². The lowest BCUT2D eigenvalue weighted by Crippen LogP contribution is -2.26. The van der Waals surface area contributed by atoms with Crippen molar-refractivity contribution in [3.63, 3.8) is 0 Å². The van der Waals surface area contributed by atoms with Crippen LogP contribution in [0, 0.1) is 6.92 Å². The van der Waals surface area contributed by atoms with Crippen LogP contribution >= 0.6 is 0 Å². The van der Waals surface area contributed by atoms with Crippen molar-refractivity contribution in [2.24, 2.45) is 0 Å². The Balaban J connectivity index is 1.39. The predicted molar refractivity (Wildman–Crippen MR) is 108 cm³/mol. The second kappa shape index (κ2) is 8.08. The number of amides is 1. The lowest BCUT2D eigenvalue weighted by molar-refractivity contribution is 0.0945. The molecule has 4 rings (SSSR count). The fourth-order valence-electron chi connectivity index (χ4n) is 2.76. The molecule has 6 nitrogen and oxygen atoms in total. The van der Waals surface area contributed by atoms with Crippen molar-refractivity contribution >= 4 is 17.4 Å². The molecule has 28 heavy (non-hydrogen) atoms. The molecule has 142 valence electrons. The predicted octanol–water partition coefficient (Wildman–Crippen LogP) is 4.00. The number of hydrogen-bond acceptors (Lipinski definition) is 5. The number of hydrogen-bond donors (Lipinski definition) is 2. The van der Waals surface area contributed by atoms with Gasteiger partial charge in [0, 0.05) is 17.8 Å². The van der Waals surface area contributed by atoms with Gasteiger partial charge in [0.15, 0.2) is 0 Å². The van der Waals surface area contributed by atoms with E-state index in [1.807, 2.05) is 54.6 Å². The van der Waals surface area contributed by atoms with Crippen LogP contribution in [-0.2, 0) is 6.61 Å². The molecule has 0 aliphatic heterocycles. The number of ether oxygens (including phenoxy) is 1. The zero-order valence-electron chi connectivity index (χ0n) is 15.7. The van der Waals surface area contributed by atoms with Gasteiger partial charge in [0.1, 0.15) is 29.7 Å². The molecule has 2 aromatic carbocycles. The van der Waals surface area contributed by atoms with Crippen molar-refractivity contribution in [1.82, 2.24) is 15.3 Å². The lowest BCUT2D eigenvalue weighted by atomic mass is 10.2. The molecule has 1 saturated carbocycles. The maximum Gasteiger partial charge on any atom is 0.270 e. The van der Waals surface area contributed by atoms with E-state index >= 15 is 0 Å². The molecule has 1 fully saturated rings. The van der Waals surface area contributed by atoms with Crippen molar-refractivity contribution in [2.75, 3.05) is 5.32 Å². The van der Waals surface area contributed by atoms with E-state index in [1.165, 1.54) is 0 Å². The average Bonchev–Trinajstić information content (AvgIpc) is 3.52. The van der Waals surface area contributed by atoms with Gasteiger partial charge in [0.2, 0.25) is 0 Å². The van der Waals surface area contributed by atoms with E-state index in [0.29, 0.717) is 30.0 Å². The molecule has 6 heteroatoms. The molecule has 1 heterocycles. The number of carbonyl (C=O) groups is 1. The Bertz CT molecular complexity index is 954. The van der Waals surface area contributed by atoms with Gasteiger partial charge in [-0.25, -0.2) is 9.97 Å². The average molecular weight is 374 g/mol. The maximum absolute atomic E-state index is 12.2. The number of nitrogens with zero attached hydrogens (tertiary/aromatic N) is 2. The number of aryl methyl sites for hydroxylation is 1. The van der Waals surface area contributed by atoms with E-state index in [4.69, 9.17) is 4.74 Å². The van der Waals surface area contributed by atoms with Gasteiger partial charge in [-0.2, -0.15) is 0 Å². The smallest absolute Gasteiger partial charge is 0.270 e. The first-order valence-corrected chi connectivity index (χ1v) is 9.36. The minimum atomic E-state index is -0.152. The Morgan fingerprint density at radius 1 is 1.07 bits per heavy atom. The van der Waals surface area contributed by atoms with Crippen LogP contribution < -0.4 is 15.4 Å². The summed E-state index contributed by atoms with van der Waals surface area (Å²) in [6.07, 6.45) is 2.08. The number of anilines is 2. The zero-order chi connectivity index (χ0) is 19.3. The third-order valence-corrected chi connectivity index (χ3v) is 4.36. The van der Waals surface area contributed by atoms with Crippen molar-refractivity contribution in [3.05, 3.63) is 77.7 Å². The molecule has 1 aliphatic rings. The summed E-state index contributed by atoms with van der Waals surface area (Å²) in [6.45, 7) is 2.30. The quantitative estimate of drug-likeness (QED) is 0.654. The van der Waals surface area contributed by atoms with Gasteiger partial charge >= 0.3 is 0 Å². The second-order valence-electron chi connectivity index (χ2n) is 6.86. The Morgan fingerprint density at radius 2 is 1.82 bits per heavy atom. The van der Waals surface area contributed by atoms with Gasteiger partial charge in [-0.15, -0.1) is 0 Å². The Morgan fingerprint density at radius 3 is 2.54 bits per heavy atom. The van der Waals surface area contributed by atoms with Crippen LogP contribution in [0.1, 0.15) is 34.7 Å². The topological polar surface area (TPSA) is 76.1 Å². The van der Waals surface area contributed by atoms with Crippen molar-refractivity contribution in [1.29, 1.82) is 0 Å². The molecule has 2 N–H and O–H groups in total. The molecular weight excluding hydrogens is 352 g/mol. The van der Waals surface area contributed by atoms with Gasteiger partial charge < -0.3 is 15.4 Å². The molecule has 0 atom stereocenters. The van der Waals surface area contributed by atoms with Crippen LogP contribution in [0.4, 0.5) is 11.5 Å². The fraction of sp³-hybridized carbons (Fsp3) is 0.227. The van der Waals surface area contributed by atoms with Crippen molar-refractivity contribution in [3.8, 4) is 5.75 Å². The summed E-state index contributed by atoms with van der Waals surface area (Å²) < 4.78 is 5.80. The summed E-state index contributed by atoms with van der Waals surface area (Å²) in [7, 11) is 0. The summed E-state index contributed by atoms with van der Waals surface area (Å²) in [5.41, 5.74) is 2.36. The largest absolute Gasteiger partial charge is 0.489 e. The fourth-order valence-corrected chi connectivity index (χ4v) is 2.76. The monoisotopic (exact) mass is 374 g/mol. The Labute approximate surface area is 164 Å². The number of benzene rings is 2. The van der Waals surface area contributed by atoms with Crippen LogP contribution in [0.3, 0.4) is 0 Å². The van der Waals surface area contributed by atoms with E-state index in [-0.39, 0.29) is 5.91 Å². The van der Waals surface area contributed by atoms with Crippen LogP contribution in [0.2, 0.25) is 0 Å². The highest BCUT2D eigenvalue weighted by Crippen LogP contribution is 2.22. The maximum atomic E-state index is 12.2. The summed E-state index contributed by atoms with van der Waals surface area (Å²) in [4.78, 5) is 20.9. The molecular formula is C22H22N4O2. The molecule has 1 aliphatic carbocycles. The zero-order valence-corrected chi connectivity index (χ0v) is 15.7. The minimum absolute atomic E-state index is 0.152. The normalized spacial score (nSPS) is 13.0. The number of rotatable bonds is 7. The first-order chi connectivity index (χ1) is 13.7. The van der Waals surface area contributed by atoms with E-state index in [2.05, 4.69) is 20.6 Å².